The average Bonchev–Trinajstić information content (AvgIpc) is 1.92. The van der Waals surface area contributed by atoms with Crippen molar-refractivity contribution in [3.63, 3.8) is 0 Å². The fraction of sp³-hybridized carbons (Fsp3) is 0.167. The van der Waals surface area contributed by atoms with Crippen molar-refractivity contribution in [2.45, 2.75) is 6.18 Å². The van der Waals surface area contributed by atoms with Gasteiger partial charge in [0.15, 0.2) is 10.9 Å². The molecule has 0 aliphatic carbocycles. The first-order valence-electron chi connectivity index (χ1n) is 2.83. The van der Waals surface area contributed by atoms with E-state index in [0.29, 0.717) is 12.3 Å². The van der Waals surface area contributed by atoms with Crippen LogP contribution in [0, 0.1) is 0 Å². The molecule has 0 aromatic carbocycles. The summed E-state index contributed by atoms with van der Waals surface area (Å²) in [7, 11) is 0. The van der Waals surface area contributed by atoms with E-state index in [-0.39, 0.29) is 5.15 Å². The summed E-state index contributed by atoms with van der Waals surface area (Å²) < 4.78 is 35.7. The van der Waals surface area contributed by atoms with Crippen molar-refractivity contribution in [2.75, 3.05) is 0 Å². The highest BCUT2D eigenvalue weighted by molar-refractivity contribution is 6.30. The third-order valence-corrected chi connectivity index (χ3v) is 1.44. The molecule has 0 spiro atoms. The van der Waals surface area contributed by atoms with Gasteiger partial charge in [-0.3, -0.25) is 0 Å². The van der Waals surface area contributed by atoms with Crippen LogP contribution in [-0.2, 0) is 6.18 Å². The van der Waals surface area contributed by atoms with Crippen LogP contribution >= 0.6 is 11.6 Å². The number of hydrogen-bond donors (Lipinski definition) is 1. The van der Waals surface area contributed by atoms with Crippen molar-refractivity contribution < 1.29 is 18.3 Å². The van der Waals surface area contributed by atoms with E-state index >= 15 is 0 Å². The van der Waals surface area contributed by atoms with Crippen LogP contribution in [0.2, 0.25) is 5.15 Å². The lowest BCUT2D eigenvalue weighted by atomic mass is 10.3. The molecule has 1 rings (SSSR count). The monoisotopic (exact) mass is 197 g/mol. The van der Waals surface area contributed by atoms with E-state index < -0.39 is 17.5 Å². The molecule has 0 fully saturated rings. The van der Waals surface area contributed by atoms with Gasteiger partial charge in [-0.05, 0) is 6.07 Å². The number of aromatic hydroxyl groups is 1. The number of pyridine rings is 1. The predicted octanol–water partition coefficient (Wildman–Crippen LogP) is 2.46. The first-order chi connectivity index (χ1) is 5.41. The highest BCUT2D eigenvalue weighted by Crippen LogP contribution is 2.32. The number of alkyl halides is 3. The van der Waals surface area contributed by atoms with Crippen molar-refractivity contribution in [3.8, 4) is 5.75 Å². The molecule has 0 saturated heterocycles. The molecule has 6 heteroatoms. The molecule has 0 saturated carbocycles. The van der Waals surface area contributed by atoms with E-state index in [1.165, 1.54) is 0 Å². The third-order valence-electron chi connectivity index (χ3n) is 1.15. The van der Waals surface area contributed by atoms with Gasteiger partial charge < -0.3 is 5.11 Å². The number of halogens is 4. The molecular weight excluding hydrogens is 195 g/mol. The van der Waals surface area contributed by atoms with Crippen molar-refractivity contribution in [1.82, 2.24) is 4.98 Å². The Labute approximate surface area is 70.6 Å². The molecule has 1 aromatic heterocycles. The summed E-state index contributed by atoms with van der Waals surface area (Å²) in [6.07, 6.45) is -3.95. The third kappa shape index (κ3) is 1.79. The second-order valence-electron chi connectivity index (χ2n) is 2.03. The molecule has 0 unspecified atom stereocenters. The van der Waals surface area contributed by atoms with E-state index in [9.17, 15) is 13.2 Å². The van der Waals surface area contributed by atoms with E-state index in [4.69, 9.17) is 16.7 Å². The molecule has 0 aliphatic heterocycles. The lowest BCUT2D eigenvalue weighted by Gasteiger charge is -2.05. The van der Waals surface area contributed by atoms with Crippen LogP contribution in [0.15, 0.2) is 12.3 Å². The second-order valence-corrected chi connectivity index (χ2v) is 2.39. The molecule has 1 heterocycles. The number of hydrogen-bond acceptors (Lipinski definition) is 2. The van der Waals surface area contributed by atoms with Crippen LogP contribution < -0.4 is 0 Å². The molecule has 1 aromatic rings. The van der Waals surface area contributed by atoms with Gasteiger partial charge in [0.2, 0.25) is 0 Å². The molecule has 0 aliphatic rings. The minimum atomic E-state index is -4.50. The Hall–Kier alpha value is -0.970. The smallest absolute Gasteiger partial charge is 0.418 e. The minimum absolute atomic E-state index is 0.344. The molecule has 1 N–H and O–H groups in total. The summed E-state index contributed by atoms with van der Waals surface area (Å²) in [4.78, 5) is 3.14. The van der Waals surface area contributed by atoms with Crippen LogP contribution in [0.5, 0.6) is 5.75 Å². The average molecular weight is 198 g/mol. The van der Waals surface area contributed by atoms with Gasteiger partial charge in [0, 0.05) is 6.20 Å². The van der Waals surface area contributed by atoms with Crippen LogP contribution in [0.1, 0.15) is 5.56 Å². The Morgan fingerprint density at radius 2 is 2.00 bits per heavy atom. The van der Waals surface area contributed by atoms with Gasteiger partial charge in [-0.1, -0.05) is 11.6 Å². The fourth-order valence-corrected chi connectivity index (χ4v) is 0.695. The summed E-state index contributed by atoms with van der Waals surface area (Å²) in [5.74, 6) is -0.675. The van der Waals surface area contributed by atoms with Crippen LogP contribution in [0.4, 0.5) is 13.2 Å². The first kappa shape index (κ1) is 9.12. The molecule has 12 heavy (non-hydrogen) atoms. The quantitative estimate of drug-likeness (QED) is 0.648. The zero-order valence-corrected chi connectivity index (χ0v) is 6.32. The summed E-state index contributed by atoms with van der Waals surface area (Å²) in [5.41, 5.74) is -1.02. The molecule has 0 radical (unpaired) electrons. The topological polar surface area (TPSA) is 33.1 Å². The van der Waals surface area contributed by atoms with Gasteiger partial charge in [0.25, 0.3) is 0 Å². The molecular formula is C6H3ClF3NO. The Balaban J connectivity index is 3.14. The standard InChI is InChI=1S/C6H3ClF3NO/c7-5-4(12)1-3(2-11-5)6(8,9)10/h1-2,12H. The van der Waals surface area contributed by atoms with Gasteiger partial charge in [0.1, 0.15) is 0 Å². The lowest BCUT2D eigenvalue weighted by Crippen LogP contribution is -2.04. The Kier molecular flexibility index (Phi) is 2.14. The Bertz CT molecular complexity index is 299. The summed E-state index contributed by atoms with van der Waals surface area (Å²) in [6, 6.07) is 0.523. The van der Waals surface area contributed by atoms with Gasteiger partial charge in [-0.2, -0.15) is 13.2 Å². The Morgan fingerprint density at radius 3 is 2.42 bits per heavy atom. The lowest BCUT2D eigenvalue weighted by molar-refractivity contribution is -0.137. The number of rotatable bonds is 0. The summed E-state index contributed by atoms with van der Waals surface area (Å²) >= 11 is 5.20. The number of aromatic nitrogens is 1. The zero-order chi connectivity index (χ0) is 9.35. The van der Waals surface area contributed by atoms with Crippen molar-refractivity contribution in [2.24, 2.45) is 0 Å². The van der Waals surface area contributed by atoms with Gasteiger partial charge >= 0.3 is 6.18 Å². The highest BCUT2D eigenvalue weighted by atomic mass is 35.5. The van der Waals surface area contributed by atoms with Crippen LogP contribution in [-0.4, -0.2) is 10.1 Å². The van der Waals surface area contributed by atoms with Gasteiger partial charge in [-0.25, -0.2) is 4.98 Å². The van der Waals surface area contributed by atoms with E-state index in [0.717, 1.165) is 0 Å². The normalized spacial score (nSPS) is 11.7. The van der Waals surface area contributed by atoms with Crippen molar-refractivity contribution >= 4 is 11.6 Å². The fourth-order valence-electron chi connectivity index (χ4n) is 0.591. The second kappa shape index (κ2) is 2.82. The van der Waals surface area contributed by atoms with Crippen molar-refractivity contribution in [1.29, 1.82) is 0 Å². The van der Waals surface area contributed by atoms with Crippen LogP contribution in [0.25, 0.3) is 0 Å². The minimum Gasteiger partial charge on any atom is -0.505 e. The maximum atomic E-state index is 11.9. The molecule has 66 valence electrons. The maximum absolute atomic E-state index is 11.9. The molecule has 0 bridgehead atoms. The summed E-state index contributed by atoms with van der Waals surface area (Å²) in [5, 5.41) is 8.42. The first-order valence-corrected chi connectivity index (χ1v) is 3.21. The molecule has 2 nitrogen and oxygen atoms in total. The SMILES string of the molecule is Oc1cc(C(F)(F)F)cnc1Cl. The zero-order valence-electron chi connectivity index (χ0n) is 5.56. The van der Waals surface area contributed by atoms with E-state index in [1.54, 1.807) is 0 Å². The molecule has 0 atom stereocenters. The number of nitrogens with zero attached hydrogens (tertiary/aromatic N) is 1. The van der Waals surface area contributed by atoms with E-state index in [1.807, 2.05) is 0 Å². The van der Waals surface area contributed by atoms with Gasteiger partial charge in [0.05, 0.1) is 5.56 Å². The maximum Gasteiger partial charge on any atom is 0.418 e. The van der Waals surface area contributed by atoms with Crippen LogP contribution in [0.3, 0.4) is 0 Å². The predicted molar refractivity (Wildman–Crippen MR) is 35.9 cm³/mol. The van der Waals surface area contributed by atoms with Crippen molar-refractivity contribution in [3.05, 3.63) is 23.0 Å². The van der Waals surface area contributed by atoms with E-state index in [2.05, 4.69) is 4.98 Å². The largest absolute Gasteiger partial charge is 0.505 e. The summed E-state index contributed by atoms with van der Waals surface area (Å²) in [6.45, 7) is 0. The highest BCUT2D eigenvalue weighted by Gasteiger charge is 2.31. The van der Waals surface area contributed by atoms with Gasteiger partial charge in [-0.15, -0.1) is 0 Å². The molecule has 0 amide bonds. The Morgan fingerprint density at radius 1 is 1.42 bits per heavy atom.